The maximum Gasteiger partial charge on any atom is 0.0614 e. The van der Waals surface area contributed by atoms with Crippen LogP contribution in [0.25, 0.3) is 0 Å². The number of allylic oxidation sites excluding steroid dienone is 1. The third-order valence-corrected chi connectivity index (χ3v) is 1.08. The van der Waals surface area contributed by atoms with E-state index in [1.165, 1.54) is 12.0 Å². The van der Waals surface area contributed by atoms with Gasteiger partial charge in [-0.05, 0) is 13.3 Å². The highest BCUT2D eigenvalue weighted by molar-refractivity contribution is 4.96. The van der Waals surface area contributed by atoms with Crippen molar-refractivity contribution in [1.82, 2.24) is 0 Å². The van der Waals surface area contributed by atoms with Crippen molar-refractivity contribution in [3.05, 3.63) is 11.6 Å². The molecule has 0 fully saturated rings. The maximum absolute atomic E-state index is 8.39. The van der Waals surface area contributed by atoms with Gasteiger partial charge in [0, 0.05) is 0 Å². The predicted octanol–water partition coefficient (Wildman–Crippen LogP) is 1.73. The quantitative estimate of drug-likeness (QED) is 0.554. The van der Waals surface area contributed by atoms with Crippen LogP contribution in [0, 0.1) is 0 Å². The molecule has 48 valence electrons. The summed E-state index contributed by atoms with van der Waals surface area (Å²) in [6, 6.07) is 0. The number of hydrogen-bond acceptors (Lipinski definition) is 1. The highest BCUT2D eigenvalue weighted by Crippen LogP contribution is 2.00. The summed E-state index contributed by atoms with van der Waals surface area (Å²) >= 11 is 0. The fourth-order valence-corrected chi connectivity index (χ4v) is 0.652. The molecular formula is C7H14O. The van der Waals surface area contributed by atoms with Gasteiger partial charge in [-0.2, -0.15) is 0 Å². The van der Waals surface area contributed by atoms with Crippen LogP contribution in [0.15, 0.2) is 11.6 Å². The molecule has 0 amide bonds. The highest BCUT2D eigenvalue weighted by atomic mass is 16.2. The zero-order chi connectivity index (χ0) is 6.41. The molecule has 0 rings (SSSR count). The Bertz CT molecular complexity index is 74.5. The Kier molecular flexibility index (Phi) is 4.67. The summed E-state index contributed by atoms with van der Waals surface area (Å²) in [7, 11) is 0. The molecule has 0 aromatic heterocycles. The Balaban J connectivity index is 3.29. The molecule has 0 aliphatic rings. The van der Waals surface area contributed by atoms with E-state index in [9.17, 15) is 0 Å². The van der Waals surface area contributed by atoms with Gasteiger partial charge in [-0.1, -0.05) is 25.0 Å². The molecule has 1 heteroatoms. The third-order valence-electron chi connectivity index (χ3n) is 1.08. The summed E-state index contributed by atoms with van der Waals surface area (Å²) in [4.78, 5) is 0. The van der Waals surface area contributed by atoms with E-state index in [1.54, 1.807) is 0 Å². The zero-order valence-corrected chi connectivity index (χ0v) is 5.65. The number of rotatable bonds is 3. The van der Waals surface area contributed by atoms with E-state index in [0.717, 1.165) is 6.42 Å². The van der Waals surface area contributed by atoms with Gasteiger partial charge in [-0.25, -0.2) is 0 Å². The van der Waals surface area contributed by atoms with Crippen LogP contribution in [0.4, 0.5) is 0 Å². The van der Waals surface area contributed by atoms with Gasteiger partial charge in [0.15, 0.2) is 0 Å². The van der Waals surface area contributed by atoms with Crippen LogP contribution in [-0.4, -0.2) is 11.7 Å². The van der Waals surface area contributed by atoms with Crippen molar-refractivity contribution in [3.63, 3.8) is 0 Å². The van der Waals surface area contributed by atoms with Crippen LogP contribution in [-0.2, 0) is 0 Å². The van der Waals surface area contributed by atoms with Crippen LogP contribution in [0.2, 0.25) is 0 Å². The van der Waals surface area contributed by atoms with Crippen LogP contribution in [0.3, 0.4) is 0 Å². The second-order valence-corrected chi connectivity index (χ2v) is 1.98. The van der Waals surface area contributed by atoms with Gasteiger partial charge in [0.2, 0.25) is 0 Å². The lowest BCUT2D eigenvalue weighted by Crippen LogP contribution is -1.78. The summed E-state index contributed by atoms with van der Waals surface area (Å²) in [5.41, 5.74) is 1.29. The van der Waals surface area contributed by atoms with Crippen LogP contribution in [0.5, 0.6) is 0 Å². The van der Waals surface area contributed by atoms with E-state index in [0.29, 0.717) is 0 Å². The fraction of sp³-hybridized carbons (Fsp3) is 0.714. The molecule has 0 radical (unpaired) electrons. The average molecular weight is 114 g/mol. The van der Waals surface area contributed by atoms with Crippen LogP contribution < -0.4 is 0 Å². The Morgan fingerprint density at radius 2 is 2.25 bits per heavy atom. The third kappa shape index (κ3) is 3.88. The number of hydrogen-bond donors (Lipinski definition) is 1. The van der Waals surface area contributed by atoms with Crippen molar-refractivity contribution >= 4 is 0 Å². The van der Waals surface area contributed by atoms with E-state index in [-0.39, 0.29) is 6.61 Å². The molecule has 0 aromatic rings. The molecule has 0 saturated heterocycles. The lowest BCUT2D eigenvalue weighted by Gasteiger charge is -1.93. The molecule has 0 unspecified atom stereocenters. The van der Waals surface area contributed by atoms with E-state index in [4.69, 9.17) is 5.11 Å². The van der Waals surface area contributed by atoms with Gasteiger partial charge >= 0.3 is 0 Å². The largest absolute Gasteiger partial charge is 0.392 e. The maximum atomic E-state index is 8.39. The molecule has 0 aromatic carbocycles. The molecule has 8 heavy (non-hydrogen) atoms. The van der Waals surface area contributed by atoms with Gasteiger partial charge in [0.1, 0.15) is 0 Å². The first-order chi connectivity index (χ1) is 3.81. The SMILES string of the molecule is CCC/C(C)=C\CO. The molecule has 1 nitrogen and oxygen atoms in total. The zero-order valence-electron chi connectivity index (χ0n) is 5.65. The molecule has 0 aliphatic heterocycles. The van der Waals surface area contributed by atoms with Crippen molar-refractivity contribution < 1.29 is 5.11 Å². The molecular weight excluding hydrogens is 100 g/mol. The lowest BCUT2D eigenvalue weighted by molar-refractivity contribution is 0.341. The molecule has 0 saturated carbocycles. The Hall–Kier alpha value is -0.300. The van der Waals surface area contributed by atoms with Crippen LogP contribution in [0.1, 0.15) is 26.7 Å². The van der Waals surface area contributed by atoms with Gasteiger partial charge in [-0.15, -0.1) is 0 Å². The molecule has 0 spiro atoms. The minimum absolute atomic E-state index is 0.186. The van der Waals surface area contributed by atoms with Gasteiger partial charge in [0.25, 0.3) is 0 Å². The van der Waals surface area contributed by atoms with Gasteiger partial charge in [0.05, 0.1) is 6.61 Å². The van der Waals surface area contributed by atoms with E-state index in [1.807, 2.05) is 13.0 Å². The average Bonchev–Trinajstić information content (AvgIpc) is 1.68. The van der Waals surface area contributed by atoms with Crippen molar-refractivity contribution in [3.8, 4) is 0 Å². The minimum atomic E-state index is 0.186. The standard InChI is InChI=1S/C7H14O/c1-3-4-7(2)5-6-8/h5,8H,3-4,6H2,1-2H3/b7-5-. The van der Waals surface area contributed by atoms with Gasteiger partial charge in [-0.3, -0.25) is 0 Å². The first-order valence-electron chi connectivity index (χ1n) is 3.07. The predicted molar refractivity (Wildman–Crippen MR) is 35.8 cm³/mol. The second-order valence-electron chi connectivity index (χ2n) is 1.98. The number of aliphatic hydroxyl groups excluding tert-OH is 1. The molecule has 0 heterocycles. The van der Waals surface area contributed by atoms with E-state index >= 15 is 0 Å². The molecule has 1 N–H and O–H groups in total. The topological polar surface area (TPSA) is 20.2 Å². The summed E-state index contributed by atoms with van der Waals surface area (Å²) in [6.45, 7) is 4.36. The van der Waals surface area contributed by atoms with E-state index < -0.39 is 0 Å². The molecule has 0 atom stereocenters. The highest BCUT2D eigenvalue weighted by Gasteiger charge is 1.82. The monoisotopic (exact) mass is 114 g/mol. The second kappa shape index (κ2) is 4.85. The Labute approximate surface area is 51.0 Å². The first kappa shape index (κ1) is 7.70. The fourth-order valence-electron chi connectivity index (χ4n) is 0.652. The van der Waals surface area contributed by atoms with E-state index in [2.05, 4.69) is 6.92 Å². The van der Waals surface area contributed by atoms with Crippen molar-refractivity contribution in [1.29, 1.82) is 0 Å². The number of aliphatic hydroxyl groups is 1. The van der Waals surface area contributed by atoms with Crippen molar-refractivity contribution in [2.24, 2.45) is 0 Å². The molecule has 0 bridgehead atoms. The summed E-state index contributed by atoms with van der Waals surface area (Å²) < 4.78 is 0. The Morgan fingerprint density at radius 1 is 1.62 bits per heavy atom. The van der Waals surface area contributed by atoms with Crippen molar-refractivity contribution in [2.75, 3.05) is 6.61 Å². The first-order valence-corrected chi connectivity index (χ1v) is 3.07. The van der Waals surface area contributed by atoms with Crippen molar-refractivity contribution in [2.45, 2.75) is 26.7 Å². The normalized spacial score (nSPS) is 12.1. The summed E-state index contributed by atoms with van der Waals surface area (Å²) in [5, 5.41) is 8.39. The smallest absolute Gasteiger partial charge is 0.0614 e. The Morgan fingerprint density at radius 3 is 2.62 bits per heavy atom. The summed E-state index contributed by atoms with van der Waals surface area (Å²) in [6.07, 6.45) is 4.13. The summed E-state index contributed by atoms with van der Waals surface area (Å²) in [5.74, 6) is 0. The minimum Gasteiger partial charge on any atom is -0.392 e. The van der Waals surface area contributed by atoms with Gasteiger partial charge < -0.3 is 5.11 Å². The molecule has 0 aliphatic carbocycles. The lowest BCUT2D eigenvalue weighted by atomic mass is 10.2. The van der Waals surface area contributed by atoms with Crippen LogP contribution >= 0.6 is 0 Å².